The standard InChI is InChI=1S/C4H12Si.CH4O/c1-4(2,3)5;1-2/h1-3,5H3;2H,1H3. The van der Waals surface area contributed by atoms with Crippen LogP contribution in [0.4, 0.5) is 0 Å². The molecule has 0 bridgehead atoms. The van der Waals surface area contributed by atoms with Crippen molar-refractivity contribution in [1.82, 2.24) is 0 Å². The van der Waals surface area contributed by atoms with Gasteiger partial charge in [-0.25, -0.2) is 0 Å². The molecule has 2 heteroatoms. The lowest BCUT2D eigenvalue weighted by molar-refractivity contribution is 0.399. The van der Waals surface area contributed by atoms with Gasteiger partial charge < -0.3 is 5.11 Å². The van der Waals surface area contributed by atoms with Gasteiger partial charge in [0.2, 0.25) is 0 Å². The zero-order valence-corrected chi connectivity index (χ0v) is 7.95. The Bertz CT molecular complexity index is 23.6. The summed E-state index contributed by atoms with van der Waals surface area (Å²) in [6.45, 7) is 6.75. The van der Waals surface area contributed by atoms with Gasteiger partial charge >= 0.3 is 0 Å². The SMILES string of the molecule is CC(C)(C)[SiH3].CO. The van der Waals surface area contributed by atoms with Crippen molar-refractivity contribution in [3.05, 3.63) is 0 Å². The van der Waals surface area contributed by atoms with Gasteiger partial charge in [0.15, 0.2) is 0 Å². The zero-order chi connectivity index (χ0) is 6.50. The summed E-state index contributed by atoms with van der Waals surface area (Å²) in [6.07, 6.45) is 0. The van der Waals surface area contributed by atoms with E-state index >= 15 is 0 Å². The number of rotatable bonds is 0. The summed E-state index contributed by atoms with van der Waals surface area (Å²) in [5.41, 5.74) is 0. The largest absolute Gasteiger partial charge is 0.400 e. The summed E-state index contributed by atoms with van der Waals surface area (Å²) in [7, 11) is 2.31. The molecular weight excluding hydrogens is 104 g/mol. The number of hydrogen-bond donors (Lipinski definition) is 1. The van der Waals surface area contributed by atoms with Crippen molar-refractivity contribution >= 4 is 10.2 Å². The first-order chi connectivity index (χ1) is 3.00. The fourth-order valence-electron chi connectivity index (χ4n) is 0. The van der Waals surface area contributed by atoms with E-state index in [1.165, 1.54) is 10.2 Å². The van der Waals surface area contributed by atoms with E-state index in [4.69, 9.17) is 5.11 Å². The number of aliphatic hydroxyl groups excluding tert-OH is 1. The third kappa shape index (κ3) is 3440. The van der Waals surface area contributed by atoms with Crippen LogP contribution in [0, 0.1) is 0 Å². The van der Waals surface area contributed by atoms with E-state index in [9.17, 15) is 0 Å². The van der Waals surface area contributed by atoms with Crippen LogP contribution >= 0.6 is 0 Å². The van der Waals surface area contributed by atoms with Crippen LogP contribution in [0.3, 0.4) is 0 Å². The Morgan fingerprint density at radius 1 is 1.14 bits per heavy atom. The van der Waals surface area contributed by atoms with Gasteiger partial charge in [0, 0.05) is 17.4 Å². The number of hydrogen-bond acceptors (Lipinski definition) is 1. The molecule has 0 fully saturated rings. The van der Waals surface area contributed by atoms with Gasteiger partial charge in [-0.05, 0) is 0 Å². The predicted octanol–water partition coefficient (Wildman–Crippen LogP) is 0.179. The molecule has 0 saturated carbocycles. The van der Waals surface area contributed by atoms with Crippen molar-refractivity contribution in [2.75, 3.05) is 7.11 Å². The molecular formula is C5H16OSi. The van der Waals surface area contributed by atoms with Gasteiger partial charge in [-0.2, -0.15) is 0 Å². The Hall–Kier alpha value is 0.177. The van der Waals surface area contributed by atoms with Crippen molar-refractivity contribution < 1.29 is 5.11 Å². The molecule has 0 aromatic carbocycles. The van der Waals surface area contributed by atoms with Crippen molar-refractivity contribution in [3.8, 4) is 0 Å². The van der Waals surface area contributed by atoms with Gasteiger partial charge in [-0.3, -0.25) is 0 Å². The molecule has 0 amide bonds. The van der Waals surface area contributed by atoms with Crippen LogP contribution < -0.4 is 0 Å². The first kappa shape index (κ1) is 10.2. The molecule has 0 spiro atoms. The van der Waals surface area contributed by atoms with Crippen LogP contribution in [-0.2, 0) is 0 Å². The maximum absolute atomic E-state index is 7.00. The van der Waals surface area contributed by atoms with Gasteiger partial charge in [0.1, 0.15) is 0 Å². The second-order valence-electron chi connectivity index (χ2n) is 3.00. The normalized spacial score (nSPS) is 9.86. The topological polar surface area (TPSA) is 20.2 Å². The summed E-state index contributed by atoms with van der Waals surface area (Å²) >= 11 is 0. The highest BCUT2D eigenvalue weighted by atomic mass is 28.1. The van der Waals surface area contributed by atoms with Crippen molar-refractivity contribution in [2.24, 2.45) is 0 Å². The second kappa shape index (κ2) is 4.34. The molecule has 0 radical (unpaired) electrons. The highest BCUT2D eigenvalue weighted by Gasteiger charge is 1.95. The summed E-state index contributed by atoms with van der Waals surface area (Å²) in [4.78, 5) is 0. The van der Waals surface area contributed by atoms with E-state index in [2.05, 4.69) is 20.8 Å². The Balaban J connectivity index is 0. The number of aliphatic hydroxyl groups is 1. The highest BCUT2D eigenvalue weighted by Crippen LogP contribution is 2.13. The van der Waals surface area contributed by atoms with E-state index in [0.717, 1.165) is 7.11 Å². The molecule has 0 unspecified atom stereocenters. The van der Waals surface area contributed by atoms with Crippen LogP contribution in [0.1, 0.15) is 20.8 Å². The fourth-order valence-corrected chi connectivity index (χ4v) is 0. The van der Waals surface area contributed by atoms with E-state index in [1.807, 2.05) is 0 Å². The van der Waals surface area contributed by atoms with E-state index in [0.29, 0.717) is 5.04 Å². The lowest BCUT2D eigenvalue weighted by Gasteiger charge is -2.05. The summed E-state index contributed by atoms with van der Waals surface area (Å²) in [6, 6.07) is 0. The van der Waals surface area contributed by atoms with Crippen LogP contribution in [0.15, 0.2) is 0 Å². The van der Waals surface area contributed by atoms with E-state index in [-0.39, 0.29) is 0 Å². The molecule has 46 valence electrons. The molecule has 0 aliphatic carbocycles. The average molecular weight is 120 g/mol. The quantitative estimate of drug-likeness (QED) is 0.452. The Labute approximate surface area is 49.2 Å². The molecule has 0 atom stereocenters. The molecule has 0 aliphatic rings. The van der Waals surface area contributed by atoms with Crippen molar-refractivity contribution in [3.63, 3.8) is 0 Å². The van der Waals surface area contributed by atoms with E-state index in [1.54, 1.807) is 0 Å². The van der Waals surface area contributed by atoms with Crippen molar-refractivity contribution in [1.29, 1.82) is 0 Å². The monoisotopic (exact) mass is 120 g/mol. The fraction of sp³-hybridized carbons (Fsp3) is 1.00. The van der Waals surface area contributed by atoms with Gasteiger partial charge in [0.25, 0.3) is 0 Å². The summed E-state index contributed by atoms with van der Waals surface area (Å²) in [5.74, 6) is 0. The Kier molecular flexibility index (Phi) is 6.33. The lowest BCUT2D eigenvalue weighted by Crippen LogP contribution is -1.90. The molecule has 1 nitrogen and oxygen atoms in total. The Morgan fingerprint density at radius 3 is 1.14 bits per heavy atom. The summed E-state index contributed by atoms with van der Waals surface area (Å²) in [5, 5.41) is 7.64. The van der Waals surface area contributed by atoms with Gasteiger partial charge in [0.05, 0.1) is 0 Å². The van der Waals surface area contributed by atoms with Crippen LogP contribution in [0.5, 0.6) is 0 Å². The second-order valence-corrected chi connectivity index (χ2v) is 6.00. The molecule has 0 aliphatic heterocycles. The first-order valence-electron chi connectivity index (χ1n) is 2.45. The summed E-state index contributed by atoms with van der Waals surface area (Å²) < 4.78 is 0. The molecule has 0 aromatic rings. The first-order valence-corrected chi connectivity index (χ1v) is 3.45. The smallest absolute Gasteiger partial charge is 0.0319 e. The molecule has 0 aromatic heterocycles. The lowest BCUT2D eigenvalue weighted by atomic mass is 10.3. The molecule has 0 heterocycles. The predicted molar refractivity (Wildman–Crippen MR) is 37.8 cm³/mol. The maximum Gasteiger partial charge on any atom is 0.0319 e. The molecule has 0 rings (SSSR count). The van der Waals surface area contributed by atoms with Gasteiger partial charge in [-0.1, -0.05) is 25.8 Å². The van der Waals surface area contributed by atoms with Gasteiger partial charge in [-0.15, -0.1) is 0 Å². The minimum atomic E-state index is 0.639. The van der Waals surface area contributed by atoms with E-state index < -0.39 is 0 Å². The van der Waals surface area contributed by atoms with Crippen LogP contribution in [0.2, 0.25) is 5.04 Å². The van der Waals surface area contributed by atoms with Crippen LogP contribution in [0.25, 0.3) is 0 Å². The zero-order valence-electron chi connectivity index (χ0n) is 5.95. The average Bonchev–Trinajstić information content (AvgIpc) is 1.36. The molecule has 7 heavy (non-hydrogen) atoms. The Morgan fingerprint density at radius 2 is 1.14 bits per heavy atom. The molecule has 0 saturated heterocycles. The van der Waals surface area contributed by atoms with Crippen LogP contribution in [-0.4, -0.2) is 22.5 Å². The highest BCUT2D eigenvalue weighted by molar-refractivity contribution is 6.14. The third-order valence-corrected chi connectivity index (χ3v) is 0. The third-order valence-electron chi connectivity index (χ3n) is 0. The minimum absolute atomic E-state index is 0.639. The van der Waals surface area contributed by atoms with Crippen molar-refractivity contribution in [2.45, 2.75) is 25.8 Å². The minimum Gasteiger partial charge on any atom is -0.400 e. The molecule has 1 N–H and O–H groups in total. The maximum atomic E-state index is 7.00.